The molecule has 0 bridgehead atoms. The Hall–Kier alpha value is -7.57. The summed E-state index contributed by atoms with van der Waals surface area (Å²) >= 11 is 0. The van der Waals surface area contributed by atoms with Gasteiger partial charge in [0.25, 0.3) is 0 Å². The van der Waals surface area contributed by atoms with E-state index in [4.69, 9.17) is 48.1 Å². The standard InChI is InChI=1S/C65H73N9O7/c1-4-10-48-17-24-59(60(39-48)75-3)79-38-31-72-56-14-9-8-13-53(56)66-64(72)45-70-27-34-80-61(42-70)50-19-23-58-55(41-50)68-65(74(58)30-37-78-52-20-15-47(2)16-21-52)46-71-28-35-81-62(43-71)49-18-22-57-54(40-49)67-63(44-69-25-32-76-33-26-69)73(57)29-36-77-51-11-6-5-7-12-51/h4-9,11-24,39-41,61-62H,1,10,25-38,42-46H2,2-3H3. The van der Waals surface area contributed by atoms with Gasteiger partial charge in [0.15, 0.2) is 11.5 Å². The number of para-hydroxylation sites is 3. The maximum Gasteiger partial charge on any atom is 0.161 e. The van der Waals surface area contributed by atoms with Crippen LogP contribution in [0.5, 0.6) is 23.0 Å². The Kier molecular flexibility index (Phi) is 17.0. The van der Waals surface area contributed by atoms with Crippen LogP contribution in [0.15, 0.2) is 146 Å². The van der Waals surface area contributed by atoms with Gasteiger partial charge in [0.1, 0.15) is 48.8 Å². The van der Waals surface area contributed by atoms with Crippen LogP contribution in [0.2, 0.25) is 0 Å². The van der Waals surface area contributed by atoms with Gasteiger partial charge in [0.2, 0.25) is 0 Å². The molecular formula is C65H73N9O7. The van der Waals surface area contributed by atoms with E-state index in [1.54, 1.807) is 7.11 Å². The highest BCUT2D eigenvalue weighted by Crippen LogP contribution is 2.33. The van der Waals surface area contributed by atoms with Crippen molar-refractivity contribution in [3.63, 3.8) is 0 Å². The molecule has 16 heteroatoms. The second-order valence-corrected chi connectivity index (χ2v) is 21.3. The van der Waals surface area contributed by atoms with E-state index in [0.29, 0.717) is 65.8 Å². The van der Waals surface area contributed by atoms with E-state index < -0.39 is 0 Å². The molecule has 2 unspecified atom stereocenters. The Balaban J connectivity index is 0.754. The van der Waals surface area contributed by atoms with Gasteiger partial charge in [0, 0.05) is 39.3 Å². The zero-order chi connectivity index (χ0) is 54.9. The molecule has 6 aromatic carbocycles. The summed E-state index contributed by atoms with van der Waals surface area (Å²) in [5, 5.41) is 0. The first-order valence-electron chi connectivity index (χ1n) is 28.6. The van der Waals surface area contributed by atoms with Crippen LogP contribution in [0.1, 0.15) is 51.9 Å². The van der Waals surface area contributed by atoms with Crippen LogP contribution in [-0.4, -0.2) is 136 Å². The van der Waals surface area contributed by atoms with Crippen molar-refractivity contribution in [1.29, 1.82) is 0 Å². The summed E-state index contributed by atoms with van der Waals surface area (Å²) in [5.74, 6) is 6.18. The number of benzene rings is 6. The predicted molar refractivity (Wildman–Crippen MR) is 314 cm³/mol. The first kappa shape index (κ1) is 54.0. The first-order chi connectivity index (χ1) is 39.9. The van der Waals surface area contributed by atoms with E-state index in [1.807, 2.05) is 66.7 Å². The van der Waals surface area contributed by atoms with Gasteiger partial charge >= 0.3 is 0 Å². The molecule has 0 aliphatic carbocycles. The minimum absolute atomic E-state index is 0.127. The third-order valence-electron chi connectivity index (χ3n) is 15.8. The SMILES string of the molecule is C=CCc1ccc(OCCn2c(CN3CCOC(c4ccc5c(c4)nc(CN4CCOC(c6ccc7c(c6)nc(CN6CCOCC6)n7CCOc6ccccc6)C4)n5CCOc4ccc(C)cc4)C3)nc3ccccc32)c(OC)c1. The fourth-order valence-electron chi connectivity index (χ4n) is 11.5. The van der Waals surface area contributed by atoms with E-state index in [-0.39, 0.29) is 12.2 Å². The topological polar surface area (TPSA) is 128 Å². The van der Waals surface area contributed by atoms with Gasteiger partial charge in [-0.15, -0.1) is 6.58 Å². The van der Waals surface area contributed by atoms with E-state index in [9.17, 15) is 0 Å². The average molecular weight is 1090 g/mol. The number of aromatic nitrogens is 6. The van der Waals surface area contributed by atoms with Crippen molar-refractivity contribution in [2.75, 3.05) is 92.6 Å². The molecule has 6 heterocycles. The lowest BCUT2D eigenvalue weighted by atomic mass is 10.1. The van der Waals surface area contributed by atoms with Gasteiger partial charge in [-0.3, -0.25) is 14.7 Å². The number of imidazole rings is 3. The van der Waals surface area contributed by atoms with E-state index in [1.165, 1.54) is 5.56 Å². The monoisotopic (exact) mass is 1090 g/mol. The molecule has 3 saturated heterocycles. The maximum atomic E-state index is 6.57. The number of ether oxygens (including phenoxy) is 7. The Morgan fingerprint density at radius 3 is 1.63 bits per heavy atom. The Morgan fingerprint density at radius 1 is 0.519 bits per heavy atom. The van der Waals surface area contributed by atoms with Crippen LogP contribution >= 0.6 is 0 Å². The summed E-state index contributed by atoms with van der Waals surface area (Å²) in [7, 11) is 1.68. The van der Waals surface area contributed by atoms with Crippen LogP contribution in [0, 0.1) is 6.92 Å². The summed E-state index contributed by atoms with van der Waals surface area (Å²) < 4.78 is 50.3. The molecule has 81 heavy (non-hydrogen) atoms. The average Bonchev–Trinajstić information content (AvgIpc) is 4.38. The molecule has 2 atom stereocenters. The fraction of sp³-hybridized carbons (Fsp3) is 0.369. The summed E-state index contributed by atoms with van der Waals surface area (Å²) in [6, 6.07) is 46.0. The number of rotatable bonds is 23. The van der Waals surface area contributed by atoms with Gasteiger partial charge in [-0.25, -0.2) is 15.0 Å². The second kappa shape index (κ2) is 25.5. The van der Waals surface area contributed by atoms with E-state index in [0.717, 1.165) is 156 Å². The van der Waals surface area contributed by atoms with Gasteiger partial charge in [-0.1, -0.05) is 72.3 Å². The molecular weight excluding hydrogens is 1020 g/mol. The molecule has 420 valence electrons. The lowest BCUT2D eigenvalue weighted by molar-refractivity contribution is -0.0340. The van der Waals surface area contributed by atoms with Crippen LogP contribution < -0.4 is 18.9 Å². The Bertz CT molecular complexity index is 3550. The third-order valence-corrected chi connectivity index (χ3v) is 15.8. The minimum Gasteiger partial charge on any atom is -0.493 e. The lowest BCUT2D eigenvalue weighted by Gasteiger charge is -2.33. The molecule has 3 aliphatic heterocycles. The van der Waals surface area contributed by atoms with Crippen molar-refractivity contribution in [1.82, 2.24) is 43.4 Å². The number of aryl methyl sites for hydroxylation is 1. The molecule has 16 nitrogen and oxygen atoms in total. The highest BCUT2D eigenvalue weighted by atomic mass is 16.5. The van der Waals surface area contributed by atoms with Crippen LogP contribution in [0.4, 0.5) is 0 Å². The number of hydrogen-bond donors (Lipinski definition) is 0. The third kappa shape index (κ3) is 12.8. The van der Waals surface area contributed by atoms with Crippen LogP contribution in [0.25, 0.3) is 33.1 Å². The van der Waals surface area contributed by atoms with Crippen molar-refractivity contribution in [2.45, 2.75) is 64.8 Å². The molecule has 3 fully saturated rings. The largest absolute Gasteiger partial charge is 0.493 e. The molecule has 0 radical (unpaired) electrons. The number of hydrogen-bond acceptors (Lipinski definition) is 13. The predicted octanol–water partition coefficient (Wildman–Crippen LogP) is 10.00. The Morgan fingerprint density at radius 2 is 1.04 bits per heavy atom. The zero-order valence-electron chi connectivity index (χ0n) is 46.7. The number of methoxy groups -OCH3 is 1. The first-order valence-corrected chi connectivity index (χ1v) is 28.6. The summed E-state index contributed by atoms with van der Waals surface area (Å²) in [6.07, 6.45) is 2.40. The van der Waals surface area contributed by atoms with Gasteiger partial charge < -0.3 is 46.9 Å². The molecule has 12 rings (SSSR count). The minimum atomic E-state index is -0.138. The van der Waals surface area contributed by atoms with Crippen molar-refractivity contribution >= 4 is 33.1 Å². The quantitative estimate of drug-likeness (QED) is 0.0565. The normalized spacial score (nSPS) is 17.5. The zero-order valence-corrected chi connectivity index (χ0v) is 46.7. The van der Waals surface area contributed by atoms with Crippen molar-refractivity contribution < 1.29 is 33.2 Å². The maximum absolute atomic E-state index is 6.57. The second-order valence-electron chi connectivity index (χ2n) is 21.3. The Labute approximate surface area is 474 Å². The molecule has 3 aromatic heterocycles. The van der Waals surface area contributed by atoms with Crippen molar-refractivity contribution in [3.05, 3.63) is 186 Å². The molecule has 3 aliphatic rings. The highest BCUT2D eigenvalue weighted by Gasteiger charge is 2.28. The number of nitrogens with zero attached hydrogens (tertiary/aromatic N) is 9. The molecule has 0 saturated carbocycles. The van der Waals surface area contributed by atoms with Crippen LogP contribution in [-0.2, 0) is 59.9 Å². The fourth-order valence-corrected chi connectivity index (χ4v) is 11.5. The van der Waals surface area contributed by atoms with E-state index in [2.05, 4.69) is 115 Å². The molecule has 0 spiro atoms. The molecule has 9 aromatic rings. The summed E-state index contributed by atoms with van der Waals surface area (Å²) in [6.45, 7) is 19.0. The number of morpholine rings is 3. The van der Waals surface area contributed by atoms with Gasteiger partial charge in [-0.2, -0.15) is 0 Å². The molecule has 0 N–H and O–H groups in total. The van der Waals surface area contributed by atoms with Crippen molar-refractivity contribution in [2.24, 2.45) is 0 Å². The summed E-state index contributed by atoms with van der Waals surface area (Å²) in [5.41, 5.74) is 10.7. The number of fused-ring (bicyclic) bond motifs is 3. The summed E-state index contributed by atoms with van der Waals surface area (Å²) in [4.78, 5) is 23.2. The number of allylic oxidation sites excluding steroid dienone is 1. The lowest BCUT2D eigenvalue weighted by Crippen LogP contribution is -2.38. The van der Waals surface area contributed by atoms with Gasteiger partial charge in [0.05, 0.1) is 118 Å². The van der Waals surface area contributed by atoms with Crippen LogP contribution in [0.3, 0.4) is 0 Å². The van der Waals surface area contributed by atoms with E-state index >= 15 is 0 Å². The van der Waals surface area contributed by atoms with Crippen molar-refractivity contribution in [3.8, 4) is 23.0 Å². The highest BCUT2D eigenvalue weighted by molar-refractivity contribution is 5.78. The smallest absolute Gasteiger partial charge is 0.161 e. The molecule has 0 amide bonds. The van der Waals surface area contributed by atoms with Gasteiger partial charge in [-0.05, 0) is 103 Å².